The molecule has 5 rings (SSSR count). The summed E-state index contributed by atoms with van der Waals surface area (Å²) in [6.45, 7) is 1.00. The summed E-state index contributed by atoms with van der Waals surface area (Å²) in [5, 5.41) is 2.84. The van der Waals surface area contributed by atoms with Crippen LogP contribution in [0.1, 0.15) is 29.7 Å². The molecule has 0 bridgehead atoms. The highest BCUT2D eigenvalue weighted by Crippen LogP contribution is 2.34. The summed E-state index contributed by atoms with van der Waals surface area (Å²) in [5.74, 6) is 2.13. The zero-order valence-corrected chi connectivity index (χ0v) is 24.3. The number of nitrogens with one attached hydrogen (secondary N) is 1. The quantitative estimate of drug-likeness (QED) is 0.158. The Morgan fingerprint density at radius 1 is 0.682 bits per heavy atom. The molecule has 2 amide bonds. The van der Waals surface area contributed by atoms with Crippen molar-refractivity contribution >= 4 is 17.5 Å². The number of para-hydroxylation sites is 3. The number of ether oxygens (including phenoxy) is 2. The van der Waals surface area contributed by atoms with Crippen molar-refractivity contribution in [2.24, 2.45) is 5.73 Å². The van der Waals surface area contributed by atoms with Crippen LogP contribution in [0.5, 0.6) is 23.0 Å². The number of pyridine rings is 1. The first-order chi connectivity index (χ1) is 21.6. The maximum absolute atomic E-state index is 13.8. The highest BCUT2D eigenvalue weighted by molar-refractivity contribution is 5.96. The summed E-state index contributed by atoms with van der Waals surface area (Å²) >= 11 is 0. The van der Waals surface area contributed by atoms with Gasteiger partial charge in [0.2, 0.25) is 11.8 Å². The van der Waals surface area contributed by atoms with E-state index in [9.17, 15) is 9.59 Å². The largest absolute Gasteiger partial charge is 0.457 e. The Labute approximate surface area is 257 Å². The van der Waals surface area contributed by atoms with Crippen LogP contribution in [0.25, 0.3) is 0 Å². The smallest absolute Gasteiger partial charge is 0.227 e. The van der Waals surface area contributed by atoms with Crippen LogP contribution in [0.2, 0.25) is 0 Å². The lowest BCUT2D eigenvalue weighted by atomic mass is 10.1. The van der Waals surface area contributed by atoms with Crippen LogP contribution in [0, 0.1) is 0 Å². The molecule has 0 aliphatic carbocycles. The van der Waals surface area contributed by atoms with Gasteiger partial charge in [-0.05, 0) is 71.8 Å². The van der Waals surface area contributed by atoms with E-state index in [1.165, 1.54) is 0 Å². The van der Waals surface area contributed by atoms with Crippen molar-refractivity contribution in [1.82, 2.24) is 10.3 Å². The van der Waals surface area contributed by atoms with Gasteiger partial charge in [0.25, 0.3) is 0 Å². The van der Waals surface area contributed by atoms with E-state index in [2.05, 4.69) is 10.3 Å². The van der Waals surface area contributed by atoms with Crippen molar-refractivity contribution in [3.05, 3.63) is 144 Å². The predicted octanol–water partition coefficient (Wildman–Crippen LogP) is 6.75. The number of hydrogen-bond acceptors (Lipinski definition) is 6. The van der Waals surface area contributed by atoms with E-state index in [1.807, 2.05) is 121 Å². The second-order valence-electron chi connectivity index (χ2n) is 10.1. The van der Waals surface area contributed by atoms with Gasteiger partial charge in [-0.25, -0.2) is 0 Å². The fraction of sp³-hybridized carbons (Fsp3) is 0.139. The van der Waals surface area contributed by atoms with Crippen LogP contribution in [0.15, 0.2) is 128 Å². The van der Waals surface area contributed by atoms with Gasteiger partial charge in [-0.15, -0.1) is 0 Å². The molecular weight excluding hydrogens is 552 g/mol. The van der Waals surface area contributed by atoms with Crippen molar-refractivity contribution in [3.8, 4) is 23.0 Å². The van der Waals surface area contributed by atoms with E-state index in [-0.39, 0.29) is 31.2 Å². The molecule has 44 heavy (non-hydrogen) atoms. The Hall–Kier alpha value is -5.47. The third-order valence-electron chi connectivity index (χ3n) is 6.85. The molecule has 8 heteroatoms. The fourth-order valence-electron chi connectivity index (χ4n) is 4.50. The van der Waals surface area contributed by atoms with Gasteiger partial charge in [0.05, 0.1) is 24.5 Å². The minimum Gasteiger partial charge on any atom is -0.457 e. The van der Waals surface area contributed by atoms with Gasteiger partial charge in [0.1, 0.15) is 17.2 Å². The minimum atomic E-state index is -0.226. The molecule has 0 aliphatic heterocycles. The second kappa shape index (κ2) is 15.1. The molecule has 0 unspecified atom stereocenters. The predicted molar refractivity (Wildman–Crippen MR) is 170 cm³/mol. The first kappa shape index (κ1) is 30.0. The maximum atomic E-state index is 13.8. The van der Waals surface area contributed by atoms with Gasteiger partial charge in [-0.2, -0.15) is 0 Å². The van der Waals surface area contributed by atoms with Crippen molar-refractivity contribution in [2.45, 2.75) is 32.5 Å². The number of aromatic nitrogens is 1. The van der Waals surface area contributed by atoms with E-state index in [1.54, 1.807) is 11.1 Å². The van der Waals surface area contributed by atoms with Crippen molar-refractivity contribution in [1.29, 1.82) is 0 Å². The summed E-state index contributed by atoms with van der Waals surface area (Å²) in [6, 6.07) is 37.5. The molecule has 8 nitrogen and oxygen atoms in total. The topological polar surface area (TPSA) is 107 Å². The van der Waals surface area contributed by atoms with Crippen LogP contribution < -0.4 is 25.4 Å². The first-order valence-corrected chi connectivity index (χ1v) is 14.4. The number of rotatable bonds is 13. The van der Waals surface area contributed by atoms with Crippen LogP contribution >= 0.6 is 0 Å². The number of nitrogens with two attached hydrogens (primary N) is 1. The highest BCUT2D eigenvalue weighted by atomic mass is 16.5. The Morgan fingerprint density at radius 3 is 2.02 bits per heavy atom. The molecule has 1 aromatic heterocycles. The van der Waals surface area contributed by atoms with Crippen molar-refractivity contribution in [2.75, 3.05) is 4.90 Å². The monoisotopic (exact) mass is 586 g/mol. The lowest BCUT2D eigenvalue weighted by Gasteiger charge is -2.25. The summed E-state index contributed by atoms with van der Waals surface area (Å²) in [6.07, 6.45) is 1.73. The number of hydrogen-bond donors (Lipinski definition) is 2. The molecule has 0 atom stereocenters. The fourth-order valence-corrected chi connectivity index (χ4v) is 4.50. The average Bonchev–Trinajstić information content (AvgIpc) is 3.07. The second-order valence-corrected chi connectivity index (χ2v) is 10.1. The maximum Gasteiger partial charge on any atom is 0.227 e. The number of carbonyl (C=O) groups excluding carboxylic acids is 2. The molecule has 5 aromatic rings. The molecular formula is C36H34N4O4. The number of benzene rings is 4. The number of amides is 2. The lowest BCUT2D eigenvalue weighted by Crippen LogP contribution is -2.32. The van der Waals surface area contributed by atoms with Gasteiger partial charge >= 0.3 is 0 Å². The van der Waals surface area contributed by atoms with Crippen molar-refractivity contribution < 1.29 is 19.1 Å². The van der Waals surface area contributed by atoms with Crippen molar-refractivity contribution in [3.63, 3.8) is 0 Å². The Kier molecular flexibility index (Phi) is 10.3. The highest BCUT2D eigenvalue weighted by Gasteiger charge is 2.21. The van der Waals surface area contributed by atoms with Gasteiger partial charge in [0, 0.05) is 25.6 Å². The van der Waals surface area contributed by atoms with E-state index in [4.69, 9.17) is 15.2 Å². The van der Waals surface area contributed by atoms with Crippen LogP contribution in [-0.2, 0) is 29.2 Å². The Bertz CT molecular complexity index is 1640. The van der Waals surface area contributed by atoms with E-state index >= 15 is 0 Å². The summed E-state index contributed by atoms with van der Waals surface area (Å²) in [7, 11) is 0. The first-order valence-electron chi connectivity index (χ1n) is 14.4. The van der Waals surface area contributed by atoms with Gasteiger partial charge < -0.3 is 25.4 Å². The molecule has 0 saturated carbocycles. The third kappa shape index (κ3) is 8.53. The number of anilines is 1. The van der Waals surface area contributed by atoms with Gasteiger partial charge in [0.15, 0.2) is 5.75 Å². The van der Waals surface area contributed by atoms with Crippen LogP contribution in [0.4, 0.5) is 5.69 Å². The normalized spacial score (nSPS) is 10.6. The average molecular weight is 587 g/mol. The van der Waals surface area contributed by atoms with E-state index in [0.29, 0.717) is 36.0 Å². The zero-order valence-electron chi connectivity index (χ0n) is 24.3. The molecule has 222 valence electrons. The molecule has 0 saturated heterocycles. The van der Waals surface area contributed by atoms with Crippen LogP contribution in [-0.4, -0.2) is 16.8 Å². The van der Waals surface area contributed by atoms with Gasteiger partial charge in [-0.1, -0.05) is 60.7 Å². The van der Waals surface area contributed by atoms with Gasteiger partial charge in [-0.3, -0.25) is 14.6 Å². The minimum absolute atomic E-state index is 0.0167. The number of nitrogens with zero attached hydrogens (tertiary/aromatic N) is 2. The third-order valence-corrected chi connectivity index (χ3v) is 6.85. The molecule has 0 fully saturated rings. The standard InChI is InChI=1S/C36H34N4O4/c37-24-27-13-17-32(18-14-27)44-34-12-5-4-11-33(34)40(36(42)22-21-35(41)39-25-29-8-6-7-23-38-29)26-28-15-19-31(20-16-28)43-30-9-2-1-3-10-30/h1-20,23H,21-22,24-26,37H2,(H,39,41). The Balaban J connectivity index is 1.33. The molecule has 0 aliphatic rings. The summed E-state index contributed by atoms with van der Waals surface area (Å²) in [4.78, 5) is 32.3. The SMILES string of the molecule is NCc1ccc(Oc2ccccc2N(Cc2ccc(Oc3ccccc3)cc2)C(=O)CCC(=O)NCc2ccccn2)cc1. The van der Waals surface area contributed by atoms with Crippen LogP contribution in [0.3, 0.4) is 0 Å². The molecule has 4 aromatic carbocycles. The molecule has 3 N–H and O–H groups in total. The zero-order chi connectivity index (χ0) is 30.6. The summed E-state index contributed by atoms with van der Waals surface area (Å²) in [5.41, 5.74) is 8.97. The molecule has 0 spiro atoms. The van der Waals surface area contributed by atoms with E-state index < -0.39 is 0 Å². The van der Waals surface area contributed by atoms with E-state index in [0.717, 1.165) is 22.6 Å². The Morgan fingerprint density at radius 2 is 1.32 bits per heavy atom. The molecule has 1 heterocycles. The summed E-state index contributed by atoms with van der Waals surface area (Å²) < 4.78 is 12.2. The number of carbonyl (C=O) groups is 2. The lowest BCUT2D eigenvalue weighted by molar-refractivity contribution is -0.125. The molecule has 0 radical (unpaired) electrons.